The molecule has 2 aromatic carbocycles. The number of nitrogens with zero attached hydrogens (tertiary/aromatic N) is 5. The fourth-order valence-electron chi connectivity index (χ4n) is 4.53. The number of fused-ring (bicyclic) bond motifs is 2. The molecule has 9 nitrogen and oxygen atoms in total. The SMILES string of the molecule is O=C1CCC(N2Cc3ccc(-n4cc(-c5cccc6ncccc56)nn4)cc3C2=O)C(=O)N1. The van der Waals surface area contributed by atoms with Crippen molar-refractivity contribution >= 4 is 28.6 Å². The number of carbonyl (C=O) groups excluding carboxylic acids is 3. The first-order valence-electron chi connectivity index (χ1n) is 10.6. The van der Waals surface area contributed by atoms with Crippen molar-refractivity contribution in [3.63, 3.8) is 0 Å². The Bertz CT molecular complexity index is 1450. The summed E-state index contributed by atoms with van der Waals surface area (Å²) in [6.07, 6.45) is 4.14. The number of hydrogen-bond donors (Lipinski definition) is 1. The molecule has 1 unspecified atom stereocenters. The number of aromatic nitrogens is 4. The van der Waals surface area contributed by atoms with Crippen molar-refractivity contribution < 1.29 is 14.4 Å². The molecule has 2 aromatic heterocycles. The highest BCUT2D eigenvalue weighted by Crippen LogP contribution is 2.30. The van der Waals surface area contributed by atoms with Gasteiger partial charge in [0.1, 0.15) is 11.7 Å². The molecular weight excluding hydrogens is 420 g/mol. The lowest BCUT2D eigenvalue weighted by Gasteiger charge is -2.29. The Morgan fingerprint density at radius 1 is 1.00 bits per heavy atom. The average Bonchev–Trinajstić information content (AvgIpc) is 3.44. The molecule has 6 rings (SSSR count). The maximum Gasteiger partial charge on any atom is 0.255 e. The van der Waals surface area contributed by atoms with Gasteiger partial charge in [-0.1, -0.05) is 29.5 Å². The molecule has 2 aliphatic rings. The van der Waals surface area contributed by atoms with Crippen LogP contribution in [0.4, 0.5) is 0 Å². The Morgan fingerprint density at radius 2 is 1.91 bits per heavy atom. The first-order valence-corrected chi connectivity index (χ1v) is 10.6. The summed E-state index contributed by atoms with van der Waals surface area (Å²) in [5.74, 6) is -0.938. The van der Waals surface area contributed by atoms with Gasteiger partial charge in [0.25, 0.3) is 5.91 Å². The van der Waals surface area contributed by atoms with E-state index in [9.17, 15) is 14.4 Å². The number of nitrogens with one attached hydrogen (secondary N) is 1. The molecule has 9 heteroatoms. The largest absolute Gasteiger partial charge is 0.322 e. The van der Waals surface area contributed by atoms with Gasteiger partial charge in [0.15, 0.2) is 0 Å². The van der Waals surface area contributed by atoms with Crippen LogP contribution in [-0.2, 0) is 16.1 Å². The van der Waals surface area contributed by atoms with Crippen molar-refractivity contribution in [2.75, 3.05) is 0 Å². The molecule has 1 N–H and O–H groups in total. The minimum Gasteiger partial charge on any atom is -0.322 e. The predicted molar refractivity (Wildman–Crippen MR) is 118 cm³/mol. The molecule has 3 amide bonds. The van der Waals surface area contributed by atoms with Gasteiger partial charge < -0.3 is 4.90 Å². The number of piperidine rings is 1. The van der Waals surface area contributed by atoms with E-state index in [4.69, 9.17) is 0 Å². The second-order valence-corrected chi connectivity index (χ2v) is 8.17. The van der Waals surface area contributed by atoms with Gasteiger partial charge in [0, 0.05) is 35.7 Å². The van der Waals surface area contributed by atoms with E-state index in [-0.39, 0.29) is 18.2 Å². The van der Waals surface area contributed by atoms with E-state index < -0.39 is 11.9 Å². The van der Waals surface area contributed by atoms with E-state index in [2.05, 4.69) is 20.6 Å². The lowest BCUT2D eigenvalue weighted by Crippen LogP contribution is -2.52. The lowest BCUT2D eigenvalue weighted by atomic mass is 10.0. The van der Waals surface area contributed by atoms with E-state index in [1.807, 2.05) is 48.7 Å². The number of amides is 3. The molecule has 0 spiro atoms. The van der Waals surface area contributed by atoms with Gasteiger partial charge in [0.2, 0.25) is 11.8 Å². The van der Waals surface area contributed by atoms with Gasteiger partial charge in [-0.2, -0.15) is 0 Å². The van der Waals surface area contributed by atoms with Gasteiger partial charge in [-0.05, 0) is 36.2 Å². The number of imide groups is 1. The van der Waals surface area contributed by atoms with Crippen molar-refractivity contribution in [3.05, 3.63) is 72.1 Å². The lowest BCUT2D eigenvalue weighted by molar-refractivity contribution is -0.136. The molecule has 4 aromatic rings. The van der Waals surface area contributed by atoms with Crippen molar-refractivity contribution in [3.8, 4) is 16.9 Å². The summed E-state index contributed by atoms with van der Waals surface area (Å²) in [6, 6.07) is 14.6. The number of rotatable bonds is 3. The van der Waals surface area contributed by atoms with Crippen LogP contribution in [0.3, 0.4) is 0 Å². The van der Waals surface area contributed by atoms with Crippen LogP contribution in [0.25, 0.3) is 27.8 Å². The highest BCUT2D eigenvalue weighted by molar-refractivity contribution is 6.05. The van der Waals surface area contributed by atoms with E-state index in [1.165, 1.54) is 4.90 Å². The molecule has 4 heterocycles. The molecule has 0 saturated carbocycles. The molecule has 2 aliphatic heterocycles. The Balaban J connectivity index is 1.31. The zero-order valence-corrected chi connectivity index (χ0v) is 17.4. The zero-order valence-electron chi connectivity index (χ0n) is 17.4. The van der Waals surface area contributed by atoms with Crippen LogP contribution < -0.4 is 5.32 Å². The van der Waals surface area contributed by atoms with Crippen molar-refractivity contribution in [1.82, 2.24) is 30.2 Å². The van der Waals surface area contributed by atoms with Crippen molar-refractivity contribution in [2.45, 2.75) is 25.4 Å². The average molecular weight is 438 g/mol. The van der Waals surface area contributed by atoms with Gasteiger partial charge in [0.05, 0.1) is 17.4 Å². The van der Waals surface area contributed by atoms with Crippen LogP contribution in [0.5, 0.6) is 0 Å². The molecule has 1 fully saturated rings. The van der Waals surface area contributed by atoms with Gasteiger partial charge in [-0.3, -0.25) is 24.7 Å². The number of benzene rings is 2. The number of hydrogen-bond acceptors (Lipinski definition) is 6. The smallest absolute Gasteiger partial charge is 0.255 e. The summed E-state index contributed by atoms with van der Waals surface area (Å²) in [6.45, 7) is 0.340. The van der Waals surface area contributed by atoms with Crippen LogP contribution in [0.2, 0.25) is 0 Å². The molecule has 0 bridgehead atoms. The number of pyridine rings is 1. The molecule has 162 valence electrons. The summed E-state index contributed by atoms with van der Waals surface area (Å²) < 4.78 is 1.63. The van der Waals surface area contributed by atoms with E-state index in [0.717, 1.165) is 22.0 Å². The first-order chi connectivity index (χ1) is 16.1. The zero-order chi connectivity index (χ0) is 22.5. The molecule has 33 heavy (non-hydrogen) atoms. The second-order valence-electron chi connectivity index (χ2n) is 8.17. The van der Waals surface area contributed by atoms with Crippen molar-refractivity contribution in [2.24, 2.45) is 0 Å². The molecule has 1 atom stereocenters. The van der Waals surface area contributed by atoms with E-state index in [1.54, 1.807) is 16.9 Å². The Hall–Kier alpha value is -4.40. The third kappa shape index (κ3) is 3.16. The second kappa shape index (κ2) is 7.33. The molecule has 0 radical (unpaired) electrons. The normalized spacial score (nSPS) is 18.0. The van der Waals surface area contributed by atoms with Crippen LogP contribution in [0.15, 0.2) is 60.9 Å². The predicted octanol–water partition coefficient (Wildman–Crippen LogP) is 2.24. The van der Waals surface area contributed by atoms with Crippen LogP contribution in [-0.4, -0.2) is 48.6 Å². The standard InChI is InChI=1S/C24H18N6O3/c31-22-9-8-21(23(32)26-22)29-12-14-6-7-15(11-18(14)24(29)33)30-13-20(27-28-30)17-3-1-5-19-16(17)4-2-10-25-19/h1-7,10-11,13,21H,8-9,12H2,(H,26,31,32). The maximum atomic E-state index is 13.1. The summed E-state index contributed by atoms with van der Waals surface area (Å²) >= 11 is 0. The number of carbonyl (C=O) groups is 3. The molecule has 1 saturated heterocycles. The Labute approximate surface area is 188 Å². The van der Waals surface area contributed by atoms with Gasteiger partial charge >= 0.3 is 0 Å². The fraction of sp³-hybridized carbons (Fsp3) is 0.167. The highest BCUT2D eigenvalue weighted by atomic mass is 16.2. The van der Waals surface area contributed by atoms with Crippen LogP contribution in [0.1, 0.15) is 28.8 Å². The van der Waals surface area contributed by atoms with Crippen molar-refractivity contribution in [1.29, 1.82) is 0 Å². The summed E-state index contributed by atoms with van der Waals surface area (Å²) in [7, 11) is 0. The maximum absolute atomic E-state index is 13.1. The monoisotopic (exact) mass is 438 g/mol. The van der Waals surface area contributed by atoms with E-state index >= 15 is 0 Å². The topological polar surface area (TPSA) is 110 Å². The summed E-state index contributed by atoms with van der Waals surface area (Å²) in [5.41, 5.74) is 4.57. The van der Waals surface area contributed by atoms with E-state index in [0.29, 0.717) is 29.9 Å². The third-order valence-corrected chi connectivity index (χ3v) is 6.19. The quantitative estimate of drug-likeness (QED) is 0.491. The fourth-order valence-corrected chi connectivity index (χ4v) is 4.53. The van der Waals surface area contributed by atoms with Crippen LogP contribution >= 0.6 is 0 Å². The van der Waals surface area contributed by atoms with Gasteiger partial charge in [-0.25, -0.2) is 4.68 Å². The first kappa shape index (κ1) is 19.3. The minimum absolute atomic E-state index is 0.221. The minimum atomic E-state index is -0.635. The highest BCUT2D eigenvalue weighted by Gasteiger charge is 2.39. The molecular formula is C24H18N6O3. The third-order valence-electron chi connectivity index (χ3n) is 6.19. The van der Waals surface area contributed by atoms with Crippen LogP contribution in [0, 0.1) is 0 Å². The Kier molecular flexibility index (Phi) is 4.29. The Morgan fingerprint density at radius 3 is 2.79 bits per heavy atom. The van der Waals surface area contributed by atoms with Gasteiger partial charge in [-0.15, -0.1) is 5.10 Å². The molecule has 0 aliphatic carbocycles. The summed E-state index contributed by atoms with van der Waals surface area (Å²) in [4.78, 5) is 42.7. The summed E-state index contributed by atoms with van der Waals surface area (Å²) in [5, 5.41) is 11.9.